The van der Waals surface area contributed by atoms with Crippen LogP contribution in [0.5, 0.6) is 17.2 Å². The summed E-state index contributed by atoms with van der Waals surface area (Å²) in [7, 11) is 3.43. The number of benzene rings is 2. The zero-order valence-electron chi connectivity index (χ0n) is 20.0. The highest BCUT2D eigenvalue weighted by molar-refractivity contribution is 5.95. The van der Waals surface area contributed by atoms with Gasteiger partial charge in [-0.1, -0.05) is 12.1 Å². The van der Waals surface area contributed by atoms with E-state index in [2.05, 4.69) is 10.1 Å². The molecule has 0 radical (unpaired) electrons. The fourth-order valence-corrected chi connectivity index (χ4v) is 4.42. The second-order valence-electron chi connectivity index (χ2n) is 8.95. The predicted molar refractivity (Wildman–Crippen MR) is 131 cm³/mol. The van der Waals surface area contributed by atoms with Gasteiger partial charge in [0.05, 0.1) is 30.3 Å². The van der Waals surface area contributed by atoms with Crippen molar-refractivity contribution in [1.82, 2.24) is 24.6 Å². The lowest BCUT2D eigenvalue weighted by molar-refractivity contribution is 0.0783. The van der Waals surface area contributed by atoms with Crippen LogP contribution in [0.3, 0.4) is 0 Å². The molecule has 2 aliphatic rings. The molecule has 36 heavy (non-hydrogen) atoms. The van der Waals surface area contributed by atoms with Gasteiger partial charge in [-0.05, 0) is 54.8 Å². The van der Waals surface area contributed by atoms with E-state index < -0.39 is 0 Å². The molecule has 0 atom stereocenters. The number of hydrogen-bond donors (Lipinski definition) is 0. The minimum atomic E-state index is -0.0853. The Bertz CT molecular complexity index is 1450. The van der Waals surface area contributed by atoms with Crippen LogP contribution in [-0.2, 0) is 6.54 Å². The maximum Gasteiger partial charge on any atom is 0.257 e. The van der Waals surface area contributed by atoms with Gasteiger partial charge < -0.3 is 19.1 Å². The molecule has 0 bridgehead atoms. The van der Waals surface area contributed by atoms with Gasteiger partial charge >= 0.3 is 0 Å². The number of rotatable bonds is 7. The zero-order chi connectivity index (χ0) is 24.6. The third-order valence-electron chi connectivity index (χ3n) is 6.40. The SMILES string of the molecule is COc1cccc(CN(C)C(=O)c2cnn(-c3nccc(-c4ccc5c(c4)OCO5)n3)c2C2CC2)c1. The first kappa shape index (κ1) is 22.1. The van der Waals surface area contributed by atoms with E-state index in [1.165, 1.54) is 0 Å². The number of ether oxygens (including phenoxy) is 3. The van der Waals surface area contributed by atoms with Crippen LogP contribution in [0.4, 0.5) is 0 Å². The average Bonchev–Trinajstić information content (AvgIpc) is 3.47. The lowest BCUT2D eigenvalue weighted by atomic mass is 10.1. The van der Waals surface area contributed by atoms with Crippen LogP contribution in [-0.4, -0.2) is 51.5 Å². The summed E-state index contributed by atoms with van der Waals surface area (Å²) in [5, 5.41) is 4.56. The molecule has 1 aliphatic carbocycles. The zero-order valence-corrected chi connectivity index (χ0v) is 20.0. The van der Waals surface area contributed by atoms with Crippen LogP contribution in [0.25, 0.3) is 17.2 Å². The summed E-state index contributed by atoms with van der Waals surface area (Å²) >= 11 is 0. The van der Waals surface area contributed by atoms with Crippen molar-refractivity contribution in [3.8, 4) is 34.5 Å². The van der Waals surface area contributed by atoms with E-state index in [1.54, 1.807) is 36.1 Å². The third-order valence-corrected chi connectivity index (χ3v) is 6.40. The molecule has 1 fully saturated rings. The highest BCUT2D eigenvalue weighted by Gasteiger charge is 2.34. The van der Waals surface area contributed by atoms with Crippen molar-refractivity contribution in [1.29, 1.82) is 0 Å². The van der Waals surface area contributed by atoms with Gasteiger partial charge in [0.25, 0.3) is 11.9 Å². The van der Waals surface area contributed by atoms with Crippen molar-refractivity contribution in [3.05, 3.63) is 77.7 Å². The number of methoxy groups -OCH3 is 1. The number of aromatic nitrogens is 4. The topological polar surface area (TPSA) is 91.6 Å². The molecule has 3 heterocycles. The monoisotopic (exact) mass is 483 g/mol. The van der Waals surface area contributed by atoms with Crippen LogP contribution >= 0.6 is 0 Å². The summed E-state index contributed by atoms with van der Waals surface area (Å²) < 4.78 is 17.9. The van der Waals surface area contributed by atoms with E-state index in [4.69, 9.17) is 19.2 Å². The van der Waals surface area contributed by atoms with Crippen molar-refractivity contribution in [2.45, 2.75) is 25.3 Å². The van der Waals surface area contributed by atoms with Gasteiger partial charge in [-0.3, -0.25) is 4.79 Å². The van der Waals surface area contributed by atoms with Gasteiger partial charge in [-0.15, -0.1) is 0 Å². The Kier molecular flexibility index (Phi) is 5.52. The molecule has 0 saturated heterocycles. The quantitative estimate of drug-likeness (QED) is 0.389. The second kappa shape index (κ2) is 8.99. The number of carbonyl (C=O) groups excluding carboxylic acids is 1. The fraction of sp³-hybridized carbons (Fsp3) is 0.259. The summed E-state index contributed by atoms with van der Waals surface area (Å²) in [6.45, 7) is 0.677. The van der Waals surface area contributed by atoms with Crippen LogP contribution in [0.15, 0.2) is 60.9 Å². The molecule has 4 aromatic rings. The minimum Gasteiger partial charge on any atom is -0.497 e. The van der Waals surface area contributed by atoms with Gasteiger partial charge in [-0.2, -0.15) is 5.10 Å². The molecule has 0 N–H and O–H groups in total. The molecule has 1 amide bonds. The third kappa shape index (κ3) is 4.13. The molecule has 2 aromatic carbocycles. The van der Waals surface area contributed by atoms with Gasteiger partial charge in [-0.25, -0.2) is 14.6 Å². The molecule has 182 valence electrons. The molecule has 1 saturated carbocycles. The number of nitrogens with zero attached hydrogens (tertiary/aromatic N) is 5. The summed E-state index contributed by atoms with van der Waals surface area (Å²) in [4.78, 5) is 24.4. The highest BCUT2D eigenvalue weighted by atomic mass is 16.7. The first-order valence-corrected chi connectivity index (χ1v) is 11.8. The lowest BCUT2D eigenvalue weighted by Crippen LogP contribution is -2.27. The van der Waals surface area contributed by atoms with E-state index in [9.17, 15) is 4.79 Å². The molecule has 0 spiro atoms. The lowest BCUT2D eigenvalue weighted by Gasteiger charge is -2.18. The Morgan fingerprint density at radius 1 is 1.14 bits per heavy atom. The number of fused-ring (bicyclic) bond motifs is 1. The molecular weight excluding hydrogens is 458 g/mol. The van der Waals surface area contributed by atoms with Crippen molar-refractivity contribution < 1.29 is 19.0 Å². The van der Waals surface area contributed by atoms with E-state index in [1.807, 2.05) is 48.5 Å². The van der Waals surface area contributed by atoms with Gasteiger partial charge in [0.2, 0.25) is 6.79 Å². The van der Waals surface area contributed by atoms with Gasteiger partial charge in [0.1, 0.15) is 5.75 Å². The first-order chi connectivity index (χ1) is 17.6. The van der Waals surface area contributed by atoms with Crippen molar-refractivity contribution >= 4 is 5.91 Å². The Morgan fingerprint density at radius 2 is 2.00 bits per heavy atom. The van der Waals surface area contributed by atoms with E-state index in [0.29, 0.717) is 23.8 Å². The molecule has 1 aliphatic heterocycles. The Labute approximate surface area is 208 Å². The van der Waals surface area contributed by atoms with Crippen LogP contribution in [0, 0.1) is 0 Å². The first-order valence-electron chi connectivity index (χ1n) is 11.8. The second-order valence-corrected chi connectivity index (χ2v) is 8.95. The number of amides is 1. The fourth-order valence-electron chi connectivity index (χ4n) is 4.42. The summed E-state index contributed by atoms with van der Waals surface area (Å²) in [5.41, 5.74) is 4.06. The van der Waals surface area contributed by atoms with Crippen LogP contribution < -0.4 is 14.2 Å². The highest BCUT2D eigenvalue weighted by Crippen LogP contribution is 2.42. The van der Waals surface area contributed by atoms with Crippen molar-refractivity contribution in [3.63, 3.8) is 0 Å². The normalized spacial score (nSPS) is 14.1. The molecule has 6 rings (SSSR count). The van der Waals surface area contributed by atoms with E-state index in [0.717, 1.165) is 46.9 Å². The molecule has 9 heteroatoms. The van der Waals surface area contributed by atoms with Gasteiger partial charge in [0, 0.05) is 31.3 Å². The Hall–Kier alpha value is -4.40. The molecular formula is C27H25N5O4. The maximum atomic E-state index is 13.5. The predicted octanol–water partition coefficient (Wildman–Crippen LogP) is 4.22. The minimum absolute atomic E-state index is 0.0853. The molecule has 2 aromatic heterocycles. The number of hydrogen-bond acceptors (Lipinski definition) is 7. The average molecular weight is 484 g/mol. The maximum absolute atomic E-state index is 13.5. The molecule has 0 unspecified atom stereocenters. The Morgan fingerprint density at radius 3 is 2.83 bits per heavy atom. The molecule has 9 nitrogen and oxygen atoms in total. The Balaban J connectivity index is 1.30. The van der Waals surface area contributed by atoms with Crippen molar-refractivity contribution in [2.75, 3.05) is 21.0 Å². The van der Waals surface area contributed by atoms with Crippen LogP contribution in [0.2, 0.25) is 0 Å². The largest absolute Gasteiger partial charge is 0.497 e. The van der Waals surface area contributed by atoms with E-state index in [-0.39, 0.29) is 18.6 Å². The summed E-state index contributed by atoms with van der Waals surface area (Å²) in [6.07, 6.45) is 5.35. The van der Waals surface area contributed by atoms with Crippen LogP contribution in [0.1, 0.15) is 40.4 Å². The smallest absolute Gasteiger partial charge is 0.257 e. The number of carbonyl (C=O) groups is 1. The summed E-state index contributed by atoms with van der Waals surface area (Å²) in [6, 6.07) is 15.3. The van der Waals surface area contributed by atoms with E-state index >= 15 is 0 Å². The summed E-state index contributed by atoms with van der Waals surface area (Å²) in [5.74, 6) is 2.78. The van der Waals surface area contributed by atoms with Gasteiger partial charge in [0.15, 0.2) is 11.5 Å². The standard InChI is InChI=1S/C27H25N5O4/c1-31(15-17-4-3-5-20(12-17)34-2)26(33)21-14-29-32(25(21)18-6-7-18)27-28-11-10-22(30-27)19-8-9-23-24(13-19)36-16-35-23/h3-5,8-14,18H,6-7,15-16H2,1-2H3. The van der Waals surface area contributed by atoms with Crippen molar-refractivity contribution in [2.24, 2.45) is 0 Å².